The molecule has 0 spiro atoms. The van der Waals surface area contributed by atoms with E-state index < -0.39 is 5.97 Å². The predicted molar refractivity (Wildman–Crippen MR) is 89.0 cm³/mol. The van der Waals surface area contributed by atoms with Gasteiger partial charge in [0.2, 0.25) is 0 Å². The van der Waals surface area contributed by atoms with E-state index >= 15 is 0 Å². The van der Waals surface area contributed by atoms with Gasteiger partial charge in [-0.3, -0.25) is 4.79 Å². The molecule has 3 rings (SSSR count). The fraction of sp³-hybridized carbons (Fsp3) is 0.353. The van der Waals surface area contributed by atoms with Gasteiger partial charge in [0.05, 0.1) is 10.7 Å². The van der Waals surface area contributed by atoms with Crippen LogP contribution in [0.15, 0.2) is 18.2 Å². The van der Waals surface area contributed by atoms with Crippen molar-refractivity contribution in [3.8, 4) is 0 Å². The van der Waals surface area contributed by atoms with E-state index in [0.717, 1.165) is 30.0 Å². The van der Waals surface area contributed by atoms with Gasteiger partial charge in [0.1, 0.15) is 4.88 Å². The molecule has 0 atom stereocenters. The number of fused-ring (bicyclic) bond motifs is 1. The molecule has 0 aliphatic heterocycles. The van der Waals surface area contributed by atoms with Crippen LogP contribution in [0.25, 0.3) is 0 Å². The first-order chi connectivity index (χ1) is 11.0. The SMILES string of the molecule is Cc1nc(C)c(C(=O)OCC(=O)Nc2ccc3c(c2)CCC3)s1. The van der Waals surface area contributed by atoms with Gasteiger partial charge in [0, 0.05) is 5.69 Å². The molecule has 5 nitrogen and oxygen atoms in total. The lowest BCUT2D eigenvalue weighted by Gasteiger charge is -2.08. The number of benzene rings is 1. The van der Waals surface area contributed by atoms with E-state index in [0.29, 0.717) is 10.6 Å². The number of nitrogens with zero attached hydrogens (tertiary/aromatic N) is 1. The summed E-state index contributed by atoms with van der Waals surface area (Å²) >= 11 is 1.27. The standard InChI is InChI=1S/C17H18N2O3S/c1-10-16(23-11(2)18-10)17(21)22-9-15(20)19-14-7-6-12-4-3-5-13(12)8-14/h6-8H,3-5,9H2,1-2H3,(H,19,20). The predicted octanol–water partition coefficient (Wildman–Crippen LogP) is 3.04. The summed E-state index contributed by atoms with van der Waals surface area (Å²) in [5, 5.41) is 3.57. The van der Waals surface area contributed by atoms with Crippen LogP contribution < -0.4 is 5.32 Å². The van der Waals surface area contributed by atoms with Gasteiger partial charge in [-0.25, -0.2) is 9.78 Å². The third-order valence-electron chi connectivity index (χ3n) is 3.81. The highest BCUT2D eigenvalue weighted by atomic mass is 32.1. The van der Waals surface area contributed by atoms with Crippen LogP contribution in [0.2, 0.25) is 0 Å². The molecular weight excluding hydrogens is 312 g/mol. The number of aromatic nitrogens is 1. The van der Waals surface area contributed by atoms with Crippen molar-refractivity contribution < 1.29 is 14.3 Å². The minimum absolute atomic E-state index is 0.299. The normalized spacial score (nSPS) is 12.8. The van der Waals surface area contributed by atoms with E-state index in [4.69, 9.17) is 4.74 Å². The molecule has 0 bridgehead atoms. The summed E-state index contributed by atoms with van der Waals surface area (Å²) < 4.78 is 5.07. The number of thiazole rings is 1. The summed E-state index contributed by atoms with van der Waals surface area (Å²) in [5.41, 5.74) is 4.02. The second kappa shape index (κ2) is 6.50. The first kappa shape index (κ1) is 15.7. The lowest BCUT2D eigenvalue weighted by atomic mass is 10.1. The number of nitrogens with one attached hydrogen (secondary N) is 1. The zero-order valence-corrected chi connectivity index (χ0v) is 14.0. The smallest absolute Gasteiger partial charge is 0.350 e. The lowest BCUT2D eigenvalue weighted by Crippen LogP contribution is -2.21. The quantitative estimate of drug-likeness (QED) is 0.875. The highest BCUT2D eigenvalue weighted by molar-refractivity contribution is 7.13. The Balaban J connectivity index is 1.55. The minimum Gasteiger partial charge on any atom is -0.451 e. The van der Waals surface area contributed by atoms with Gasteiger partial charge in [0.25, 0.3) is 5.91 Å². The Morgan fingerprint density at radius 2 is 2.04 bits per heavy atom. The number of aryl methyl sites for hydroxylation is 4. The summed E-state index contributed by atoms with van der Waals surface area (Å²) in [6.45, 7) is 3.28. The molecule has 120 valence electrons. The molecule has 6 heteroatoms. The Bertz CT molecular complexity index is 767. The maximum atomic E-state index is 12.0. The number of amides is 1. The fourth-order valence-corrected chi connectivity index (χ4v) is 3.58. The molecule has 1 heterocycles. The summed E-state index contributed by atoms with van der Waals surface area (Å²) in [6.07, 6.45) is 3.32. The number of esters is 1. The van der Waals surface area contributed by atoms with Crippen molar-refractivity contribution >= 4 is 28.9 Å². The van der Waals surface area contributed by atoms with Crippen molar-refractivity contribution in [1.29, 1.82) is 0 Å². The summed E-state index contributed by atoms with van der Waals surface area (Å²) in [6, 6.07) is 5.94. The molecule has 23 heavy (non-hydrogen) atoms. The van der Waals surface area contributed by atoms with E-state index in [9.17, 15) is 9.59 Å². The highest BCUT2D eigenvalue weighted by Crippen LogP contribution is 2.25. The van der Waals surface area contributed by atoms with Gasteiger partial charge in [-0.05, 0) is 56.4 Å². The van der Waals surface area contributed by atoms with Gasteiger partial charge in [0.15, 0.2) is 6.61 Å². The molecule has 0 radical (unpaired) electrons. The Labute approximate surface area is 138 Å². The van der Waals surface area contributed by atoms with Crippen molar-refractivity contribution in [3.05, 3.63) is 44.9 Å². The van der Waals surface area contributed by atoms with Gasteiger partial charge in [-0.1, -0.05) is 6.07 Å². The average Bonchev–Trinajstić information content (AvgIpc) is 3.10. The van der Waals surface area contributed by atoms with Crippen LogP contribution in [0.5, 0.6) is 0 Å². The zero-order valence-electron chi connectivity index (χ0n) is 13.1. The van der Waals surface area contributed by atoms with Crippen LogP contribution in [0.1, 0.15) is 37.9 Å². The number of carbonyl (C=O) groups excluding carboxylic acids is 2. The molecular formula is C17H18N2O3S. The van der Waals surface area contributed by atoms with Crippen molar-refractivity contribution in [1.82, 2.24) is 4.98 Å². The molecule has 1 N–H and O–H groups in total. The van der Waals surface area contributed by atoms with Crippen molar-refractivity contribution in [2.45, 2.75) is 33.1 Å². The number of hydrogen-bond acceptors (Lipinski definition) is 5. The van der Waals surface area contributed by atoms with Gasteiger partial charge in [-0.2, -0.15) is 0 Å². The van der Waals surface area contributed by atoms with Gasteiger partial charge >= 0.3 is 5.97 Å². The van der Waals surface area contributed by atoms with E-state index in [-0.39, 0.29) is 12.5 Å². The Morgan fingerprint density at radius 3 is 2.78 bits per heavy atom. The van der Waals surface area contributed by atoms with E-state index in [1.54, 1.807) is 6.92 Å². The van der Waals surface area contributed by atoms with Crippen LogP contribution in [0.3, 0.4) is 0 Å². The van der Waals surface area contributed by atoms with Crippen molar-refractivity contribution in [2.75, 3.05) is 11.9 Å². The zero-order chi connectivity index (χ0) is 16.4. The minimum atomic E-state index is -0.503. The Kier molecular flexibility index (Phi) is 4.43. The van der Waals surface area contributed by atoms with Crippen LogP contribution in [-0.4, -0.2) is 23.5 Å². The number of carbonyl (C=O) groups is 2. The Hall–Kier alpha value is -2.21. The average molecular weight is 330 g/mol. The maximum absolute atomic E-state index is 12.0. The number of anilines is 1. The molecule has 1 aliphatic carbocycles. The highest BCUT2D eigenvalue weighted by Gasteiger charge is 2.17. The number of rotatable bonds is 4. The van der Waals surface area contributed by atoms with Gasteiger partial charge < -0.3 is 10.1 Å². The van der Waals surface area contributed by atoms with Crippen LogP contribution in [0, 0.1) is 13.8 Å². The van der Waals surface area contributed by atoms with E-state index in [1.807, 2.05) is 25.1 Å². The van der Waals surface area contributed by atoms with Crippen LogP contribution in [0.4, 0.5) is 5.69 Å². The van der Waals surface area contributed by atoms with Crippen LogP contribution >= 0.6 is 11.3 Å². The number of ether oxygens (including phenoxy) is 1. The van der Waals surface area contributed by atoms with Crippen molar-refractivity contribution in [3.63, 3.8) is 0 Å². The summed E-state index contributed by atoms with van der Waals surface area (Å²) in [5.74, 6) is -0.840. The molecule has 0 saturated heterocycles. The number of hydrogen-bond donors (Lipinski definition) is 1. The molecule has 0 fully saturated rings. The maximum Gasteiger partial charge on any atom is 0.350 e. The Morgan fingerprint density at radius 1 is 1.26 bits per heavy atom. The monoisotopic (exact) mass is 330 g/mol. The first-order valence-electron chi connectivity index (χ1n) is 7.56. The lowest BCUT2D eigenvalue weighted by molar-refractivity contribution is -0.119. The summed E-state index contributed by atoms with van der Waals surface area (Å²) in [7, 11) is 0. The van der Waals surface area contributed by atoms with E-state index in [1.165, 1.54) is 22.5 Å². The van der Waals surface area contributed by atoms with Gasteiger partial charge in [-0.15, -0.1) is 11.3 Å². The van der Waals surface area contributed by atoms with Crippen LogP contribution in [-0.2, 0) is 22.4 Å². The largest absolute Gasteiger partial charge is 0.451 e. The summed E-state index contributed by atoms with van der Waals surface area (Å²) in [4.78, 5) is 28.5. The second-order valence-electron chi connectivity index (χ2n) is 5.61. The molecule has 0 saturated carbocycles. The third kappa shape index (κ3) is 3.59. The topological polar surface area (TPSA) is 68.3 Å². The fourth-order valence-electron chi connectivity index (χ4n) is 2.76. The third-order valence-corrected chi connectivity index (χ3v) is 4.86. The molecule has 1 aromatic heterocycles. The van der Waals surface area contributed by atoms with Crippen molar-refractivity contribution in [2.24, 2.45) is 0 Å². The van der Waals surface area contributed by atoms with E-state index in [2.05, 4.69) is 10.3 Å². The second-order valence-corrected chi connectivity index (χ2v) is 6.81. The molecule has 2 aromatic rings. The molecule has 1 amide bonds. The molecule has 0 unspecified atom stereocenters. The first-order valence-corrected chi connectivity index (χ1v) is 8.37. The molecule has 1 aliphatic rings. The molecule has 1 aromatic carbocycles.